The van der Waals surface area contributed by atoms with Crippen LogP contribution < -0.4 is 5.32 Å². The summed E-state index contributed by atoms with van der Waals surface area (Å²) < 4.78 is 4.67. The van der Waals surface area contributed by atoms with Gasteiger partial charge in [-0.2, -0.15) is 0 Å². The number of anilines is 1. The van der Waals surface area contributed by atoms with Gasteiger partial charge in [0.25, 0.3) is 5.69 Å². The lowest BCUT2D eigenvalue weighted by Gasteiger charge is -2.27. The van der Waals surface area contributed by atoms with E-state index in [0.29, 0.717) is 12.2 Å². The monoisotopic (exact) mass is 375 g/mol. The molecular formula is C18H21N3O4S. The maximum absolute atomic E-state index is 11.9. The number of carbonyl (C=O) groups is 1. The Balaban J connectivity index is 1.79. The van der Waals surface area contributed by atoms with E-state index < -0.39 is 10.9 Å². The third-order valence-corrected chi connectivity index (χ3v) is 5.52. The van der Waals surface area contributed by atoms with Crippen molar-refractivity contribution in [2.45, 2.75) is 18.9 Å². The van der Waals surface area contributed by atoms with E-state index in [4.69, 9.17) is 0 Å². The maximum Gasteiger partial charge on any atom is 0.344 e. The van der Waals surface area contributed by atoms with Crippen molar-refractivity contribution in [1.29, 1.82) is 0 Å². The van der Waals surface area contributed by atoms with E-state index >= 15 is 0 Å². The number of hydrogen-bond acceptors (Lipinski definition) is 7. The Hall–Kier alpha value is -2.45. The van der Waals surface area contributed by atoms with E-state index in [2.05, 4.69) is 26.4 Å². The number of nitrogens with zero attached hydrogens (tertiary/aromatic N) is 2. The zero-order valence-electron chi connectivity index (χ0n) is 14.5. The number of benzene rings is 1. The number of carbonyl (C=O) groups excluding carboxylic acids is 1. The Bertz CT molecular complexity index is 773. The van der Waals surface area contributed by atoms with Crippen molar-refractivity contribution < 1.29 is 14.5 Å². The molecule has 8 heteroatoms. The number of esters is 1. The summed E-state index contributed by atoms with van der Waals surface area (Å²) >= 11 is 1.73. The fourth-order valence-electron chi connectivity index (χ4n) is 3.24. The van der Waals surface area contributed by atoms with Crippen molar-refractivity contribution in [1.82, 2.24) is 4.90 Å². The minimum atomic E-state index is -0.713. The van der Waals surface area contributed by atoms with Crippen LogP contribution in [0.3, 0.4) is 0 Å². The summed E-state index contributed by atoms with van der Waals surface area (Å²) in [5.74, 6) is -0.713. The number of ether oxygens (including phenoxy) is 1. The highest BCUT2D eigenvalue weighted by molar-refractivity contribution is 7.10. The maximum atomic E-state index is 11.9. The number of nitro groups is 1. The molecule has 0 amide bonds. The van der Waals surface area contributed by atoms with Crippen LogP contribution in [0.1, 0.15) is 34.1 Å². The van der Waals surface area contributed by atoms with Crippen LogP contribution in [0.5, 0.6) is 0 Å². The molecule has 1 N–H and O–H groups in total. The summed E-state index contributed by atoms with van der Waals surface area (Å²) in [6.07, 6.45) is 2.40. The average Bonchev–Trinajstić information content (AvgIpc) is 3.35. The first kappa shape index (κ1) is 18.3. The number of likely N-dealkylation sites (tertiary alicyclic amines) is 1. The van der Waals surface area contributed by atoms with Crippen LogP contribution in [-0.4, -0.2) is 42.5 Å². The third kappa shape index (κ3) is 4.03. The first-order valence-corrected chi connectivity index (χ1v) is 9.36. The number of hydrogen-bond donors (Lipinski definition) is 1. The van der Waals surface area contributed by atoms with E-state index in [1.54, 1.807) is 17.4 Å². The second-order valence-electron chi connectivity index (χ2n) is 6.14. The number of nitrogens with one attached hydrogen (secondary N) is 1. The van der Waals surface area contributed by atoms with Crippen molar-refractivity contribution in [2.75, 3.05) is 32.1 Å². The lowest BCUT2D eigenvalue weighted by molar-refractivity contribution is -0.385. The van der Waals surface area contributed by atoms with Crippen LogP contribution in [0.4, 0.5) is 11.4 Å². The van der Waals surface area contributed by atoms with Gasteiger partial charge in [-0.3, -0.25) is 15.0 Å². The van der Waals surface area contributed by atoms with Crippen LogP contribution in [0.15, 0.2) is 35.7 Å². The van der Waals surface area contributed by atoms with Gasteiger partial charge in [0, 0.05) is 23.2 Å². The van der Waals surface area contributed by atoms with Crippen molar-refractivity contribution in [3.63, 3.8) is 0 Å². The zero-order chi connectivity index (χ0) is 18.5. The van der Waals surface area contributed by atoms with E-state index in [9.17, 15) is 14.9 Å². The van der Waals surface area contributed by atoms with Crippen LogP contribution in [0, 0.1) is 10.1 Å². The van der Waals surface area contributed by atoms with E-state index in [1.165, 1.54) is 37.0 Å². The average molecular weight is 375 g/mol. The number of rotatable bonds is 7. The molecule has 1 atom stereocenters. The Morgan fingerprint density at radius 2 is 2.15 bits per heavy atom. The molecule has 1 aromatic heterocycles. The Kier molecular flexibility index (Phi) is 5.85. The minimum Gasteiger partial charge on any atom is -0.465 e. The lowest BCUT2D eigenvalue weighted by Crippen LogP contribution is -2.30. The molecule has 1 unspecified atom stereocenters. The van der Waals surface area contributed by atoms with Crippen LogP contribution >= 0.6 is 11.3 Å². The van der Waals surface area contributed by atoms with E-state index in [0.717, 1.165) is 13.1 Å². The van der Waals surface area contributed by atoms with Crippen molar-refractivity contribution in [3.8, 4) is 0 Å². The molecule has 1 aromatic carbocycles. The molecule has 7 nitrogen and oxygen atoms in total. The van der Waals surface area contributed by atoms with Gasteiger partial charge in [0.2, 0.25) is 0 Å². The van der Waals surface area contributed by atoms with E-state index in [-0.39, 0.29) is 17.3 Å². The van der Waals surface area contributed by atoms with Crippen molar-refractivity contribution >= 4 is 28.7 Å². The first-order valence-electron chi connectivity index (χ1n) is 8.48. The zero-order valence-corrected chi connectivity index (χ0v) is 15.3. The summed E-state index contributed by atoms with van der Waals surface area (Å²) in [5, 5.41) is 16.5. The summed E-state index contributed by atoms with van der Waals surface area (Å²) in [7, 11) is 1.21. The number of methoxy groups -OCH3 is 1. The molecule has 1 aliphatic rings. The highest BCUT2D eigenvalue weighted by Crippen LogP contribution is 2.30. The smallest absolute Gasteiger partial charge is 0.344 e. The minimum absolute atomic E-state index is 0.0450. The molecule has 1 saturated heterocycles. The lowest BCUT2D eigenvalue weighted by atomic mass is 10.1. The molecule has 0 radical (unpaired) electrons. The number of thiophene rings is 1. The topological polar surface area (TPSA) is 84.7 Å². The molecule has 1 fully saturated rings. The predicted octanol–water partition coefficient (Wildman–Crippen LogP) is 3.69. The Morgan fingerprint density at radius 3 is 2.77 bits per heavy atom. The third-order valence-electron chi connectivity index (χ3n) is 4.55. The van der Waals surface area contributed by atoms with Gasteiger partial charge < -0.3 is 10.1 Å². The molecule has 138 valence electrons. The van der Waals surface area contributed by atoms with Crippen LogP contribution in [0.25, 0.3) is 0 Å². The highest BCUT2D eigenvalue weighted by Gasteiger charge is 2.25. The van der Waals surface area contributed by atoms with Crippen molar-refractivity contribution in [3.05, 3.63) is 56.3 Å². The molecule has 2 aromatic rings. The van der Waals surface area contributed by atoms with Gasteiger partial charge in [0.05, 0.1) is 18.1 Å². The molecule has 0 aliphatic carbocycles. The van der Waals surface area contributed by atoms with Gasteiger partial charge in [0.1, 0.15) is 5.56 Å². The van der Waals surface area contributed by atoms with Gasteiger partial charge in [-0.25, -0.2) is 4.79 Å². The van der Waals surface area contributed by atoms with Crippen LogP contribution in [-0.2, 0) is 4.74 Å². The summed E-state index contributed by atoms with van der Waals surface area (Å²) in [5.41, 5.74) is 0.366. The van der Waals surface area contributed by atoms with Crippen molar-refractivity contribution in [2.24, 2.45) is 0 Å². The standard InChI is InChI=1S/C18H21N3O4S/c1-25-18(22)14-11-13(6-7-15(14)21(23)24)19-12-16(17-5-4-10-26-17)20-8-2-3-9-20/h4-7,10-11,16,19H,2-3,8-9,12H2,1H3. The van der Waals surface area contributed by atoms with Gasteiger partial charge in [-0.05, 0) is 49.5 Å². The molecule has 3 rings (SSSR count). The number of nitro benzene ring substituents is 1. The summed E-state index contributed by atoms with van der Waals surface area (Å²) in [6.45, 7) is 2.80. The Morgan fingerprint density at radius 1 is 1.38 bits per heavy atom. The molecule has 1 aliphatic heterocycles. The van der Waals surface area contributed by atoms with Gasteiger partial charge in [-0.15, -0.1) is 11.3 Å². The summed E-state index contributed by atoms with van der Waals surface area (Å²) in [4.78, 5) is 26.1. The van der Waals surface area contributed by atoms with Gasteiger partial charge in [-0.1, -0.05) is 6.07 Å². The molecular weight excluding hydrogens is 354 g/mol. The normalized spacial score (nSPS) is 15.6. The van der Waals surface area contributed by atoms with Crippen LogP contribution in [0.2, 0.25) is 0 Å². The molecule has 0 bridgehead atoms. The summed E-state index contributed by atoms with van der Waals surface area (Å²) in [6, 6.07) is 8.87. The highest BCUT2D eigenvalue weighted by atomic mass is 32.1. The molecule has 0 saturated carbocycles. The van der Waals surface area contributed by atoms with E-state index in [1.807, 2.05) is 6.07 Å². The van der Waals surface area contributed by atoms with Gasteiger partial charge >= 0.3 is 5.97 Å². The second kappa shape index (κ2) is 8.29. The molecule has 2 heterocycles. The molecule has 26 heavy (non-hydrogen) atoms. The first-order chi connectivity index (χ1) is 12.6. The second-order valence-corrected chi connectivity index (χ2v) is 7.12. The SMILES string of the molecule is COC(=O)c1cc(NCC(c2cccs2)N2CCCC2)ccc1[N+](=O)[O-]. The van der Waals surface area contributed by atoms with Gasteiger partial charge in [0.15, 0.2) is 0 Å². The fourth-order valence-corrected chi connectivity index (χ4v) is 4.10. The molecule has 0 spiro atoms. The quantitative estimate of drug-likeness (QED) is 0.451. The predicted molar refractivity (Wildman–Crippen MR) is 101 cm³/mol. The Labute approximate surface area is 155 Å². The largest absolute Gasteiger partial charge is 0.465 e. The fraction of sp³-hybridized carbons (Fsp3) is 0.389.